The molecule has 1 amide bonds. The van der Waals surface area contributed by atoms with E-state index in [0.29, 0.717) is 18.4 Å². The van der Waals surface area contributed by atoms with E-state index in [1.54, 1.807) is 0 Å². The van der Waals surface area contributed by atoms with Gasteiger partial charge < -0.3 is 15.3 Å². The van der Waals surface area contributed by atoms with Crippen molar-refractivity contribution in [2.75, 3.05) is 39.3 Å². The maximum Gasteiger partial charge on any atom is 0.317 e. The van der Waals surface area contributed by atoms with E-state index in [9.17, 15) is 9.59 Å². The Morgan fingerprint density at radius 3 is 2.35 bits per heavy atom. The van der Waals surface area contributed by atoms with Crippen molar-refractivity contribution < 1.29 is 14.7 Å². The molecule has 0 spiro atoms. The number of amides is 1. The van der Waals surface area contributed by atoms with Crippen molar-refractivity contribution in [2.24, 2.45) is 5.92 Å². The Hall–Kier alpha value is -0.850. The van der Waals surface area contributed by atoms with Crippen LogP contribution in [0.5, 0.6) is 0 Å². The summed E-state index contributed by atoms with van der Waals surface area (Å²) in [5, 5.41) is 12.1. The second kappa shape index (κ2) is 12.5. The number of nitrogens with one attached hydrogen (secondary N) is 1. The van der Waals surface area contributed by atoms with Crippen molar-refractivity contribution in [3.63, 3.8) is 0 Å². The van der Waals surface area contributed by atoms with Crippen LogP contribution in [0.15, 0.2) is 0 Å². The van der Waals surface area contributed by atoms with Gasteiger partial charge in [-0.2, -0.15) is 0 Å². The summed E-state index contributed by atoms with van der Waals surface area (Å²) in [6, 6.07) is 0.359. The number of nitrogens with zero attached hydrogens (tertiary/aromatic N) is 2. The van der Waals surface area contributed by atoms with Crippen LogP contribution in [0.2, 0.25) is 0 Å². The highest BCUT2D eigenvalue weighted by Crippen LogP contribution is 2.22. The first-order chi connectivity index (χ1) is 12.1. The van der Waals surface area contributed by atoms with Crippen LogP contribution in [0.3, 0.4) is 0 Å². The molecule has 1 saturated heterocycles. The molecule has 0 bridgehead atoms. The third kappa shape index (κ3) is 8.23. The van der Waals surface area contributed by atoms with Crippen LogP contribution in [0, 0.1) is 5.92 Å². The minimum atomic E-state index is -0.751. The molecule has 0 atom stereocenters. The summed E-state index contributed by atoms with van der Waals surface area (Å²) in [5.41, 5.74) is 0. The van der Waals surface area contributed by atoms with E-state index in [0.717, 1.165) is 45.6 Å². The molecule has 1 heterocycles. The number of carboxylic acid groups (broad SMARTS) is 1. The average molecular weight is 390 g/mol. The number of likely N-dealkylation sites (tertiary alicyclic amines) is 1. The van der Waals surface area contributed by atoms with Crippen molar-refractivity contribution in [1.82, 2.24) is 15.1 Å². The molecule has 2 aliphatic rings. The van der Waals surface area contributed by atoms with Crippen LogP contribution in [0.1, 0.15) is 58.3 Å². The molecule has 0 aromatic heterocycles. The maximum absolute atomic E-state index is 12.1. The van der Waals surface area contributed by atoms with Crippen molar-refractivity contribution in [3.05, 3.63) is 0 Å². The van der Waals surface area contributed by atoms with Gasteiger partial charge in [0, 0.05) is 25.6 Å². The van der Waals surface area contributed by atoms with Crippen molar-refractivity contribution in [3.8, 4) is 0 Å². The third-order valence-electron chi connectivity index (χ3n) is 5.79. The van der Waals surface area contributed by atoms with Crippen molar-refractivity contribution in [1.29, 1.82) is 0 Å². The predicted molar refractivity (Wildman–Crippen MR) is 106 cm³/mol. The highest BCUT2D eigenvalue weighted by molar-refractivity contribution is 5.85. The molecule has 0 aromatic rings. The summed E-state index contributed by atoms with van der Waals surface area (Å²) < 4.78 is 0. The molecule has 2 fully saturated rings. The number of aliphatic carboxylic acids is 1. The summed E-state index contributed by atoms with van der Waals surface area (Å²) in [4.78, 5) is 27.4. The van der Waals surface area contributed by atoms with Crippen LogP contribution >= 0.6 is 12.4 Å². The average Bonchev–Trinajstić information content (AvgIpc) is 2.64. The Morgan fingerprint density at radius 2 is 1.77 bits per heavy atom. The number of hydrogen-bond acceptors (Lipinski definition) is 4. The van der Waals surface area contributed by atoms with Gasteiger partial charge in [-0.1, -0.05) is 26.2 Å². The number of halogens is 1. The molecule has 0 aromatic carbocycles. The standard InChI is InChI=1S/C19H35N3O3.ClH/c1-2-22(15-19(24)25)17-8-11-21(12-9-17)13-10-18(23)20-14-16-6-4-3-5-7-16;/h16-17H,2-15H2,1H3,(H,20,23)(H,24,25);1H. The van der Waals surface area contributed by atoms with Crippen LogP contribution < -0.4 is 5.32 Å². The zero-order valence-corrected chi connectivity index (χ0v) is 16.9. The summed E-state index contributed by atoms with van der Waals surface area (Å²) in [6.07, 6.45) is 9.05. The molecule has 1 aliphatic heterocycles. The van der Waals surface area contributed by atoms with Crippen LogP contribution in [0.25, 0.3) is 0 Å². The summed E-state index contributed by atoms with van der Waals surface area (Å²) in [5.74, 6) is 0.107. The van der Waals surface area contributed by atoms with E-state index < -0.39 is 5.97 Å². The summed E-state index contributed by atoms with van der Waals surface area (Å²) >= 11 is 0. The number of piperidine rings is 1. The minimum Gasteiger partial charge on any atom is -0.480 e. The van der Waals surface area contributed by atoms with Gasteiger partial charge in [0.05, 0.1) is 6.54 Å². The molecule has 6 nitrogen and oxygen atoms in total. The highest BCUT2D eigenvalue weighted by atomic mass is 35.5. The molecular weight excluding hydrogens is 354 g/mol. The molecule has 26 heavy (non-hydrogen) atoms. The van der Waals surface area contributed by atoms with Crippen LogP contribution in [0.4, 0.5) is 0 Å². The van der Waals surface area contributed by atoms with Crippen LogP contribution in [-0.4, -0.2) is 72.1 Å². The second-order valence-electron chi connectivity index (χ2n) is 7.59. The number of carbonyl (C=O) groups excluding carboxylic acids is 1. The molecule has 152 valence electrons. The first-order valence-electron chi connectivity index (χ1n) is 10.0. The Morgan fingerprint density at radius 1 is 1.12 bits per heavy atom. The molecule has 2 rings (SSSR count). The highest BCUT2D eigenvalue weighted by Gasteiger charge is 2.25. The number of likely N-dealkylation sites (N-methyl/N-ethyl adjacent to an activating group) is 1. The number of rotatable bonds is 9. The smallest absolute Gasteiger partial charge is 0.317 e. The van der Waals surface area contributed by atoms with Gasteiger partial charge in [-0.05, 0) is 51.2 Å². The largest absolute Gasteiger partial charge is 0.480 e. The first kappa shape index (κ1) is 23.2. The van der Waals surface area contributed by atoms with Crippen molar-refractivity contribution >= 4 is 24.3 Å². The number of hydrogen-bond donors (Lipinski definition) is 2. The number of carbonyl (C=O) groups is 2. The normalized spacial score (nSPS) is 19.9. The Labute approximate surface area is 164 Å². The SMILES string of the molecule is CCN(CC(=O)O)C1CCN(CCC(=O)NCC2CCCCC2)CC1.Cl. The van der Waals surface area contributed by atoms with E-state index in [2.05, 4.69) is 15.1 Å². The van der Waals surface area contributed by atoms with E-state index in [1.165, 1.54) is 32.1 Å². The predicted octanol–water partition coefficient (Wildman–Crippen LogP) is 2.37. The molecular formula is C19H36ClN3O3. The van der Waals surface area contributed by atoms with E-state index in [1.807, 2.05) is 6.92 Å². The molecule has 1 aliphatic carbocycles. The van der Waals surface area contributed by atoms with E-state index in [-0.39, 0.29) is 24.9 Å². The molecule has 0 radical (unpaired) electrons. The molecule has 0 unspecified atom stereocenters. The van der Waals surface area contributed by atoms with Gasteiger partial charge in [-0.25, -0.2) is 0 Å². The number of carboxylic acids is 1. The lowest BCUT2D eigenvalue weighted by atomic mass is 9.89. The van der Waals surface area contributed by atoms with Gasteiger partial charge >= 0.3 is 5.97 Å². The van der Waals surface area contributed by atoms with E-state index >= 15 is 0 Å². The van der Waals surface area contributed by atoms with Gasteiger partial charge in [-0.15, -0.1) is 12.4 Å². The molecule has 2 N–H and O–H groups in total. The van der Waals surface area contributed by atoms with Gasteiger partial charge in [-0.3, -0.25) is 14.5 Å². The second-order valence-corrected chi connectivity index (χ2v) is 7.59. The minimum absolute atomic E-state index is 0. The lowest BCUT2D eigenvalue weighted by molar-refractivity contribution is -0.139. The zero-order valence-electron chi connectivity index (χ0n) is 16.1. The monoisotopic (exact) mass is 389 g/mol. The molecule has 7 heteroatoms. The van der Waals surface area contributed by atoms with Gasteiger partial charge in [0.15, 0.2) is 0 Å². The summed E-state index contributed by atoms with van der Waals surface area (Å²) in [7, 11) is 0. The maximum atomic E-state index is 12.1. The summed E-state index contributed by atoms with van der Waals surface area (Å²) in [6.45, 7) is 6.50. The zero-order chi connectivity index (χ0) is 18.1. The third-order valence-corrected chi connectivity index (χ3v) is 5.79. The Bertz CT molecular complexity index is 422. The fraction of sp³-hybridized carbons (Fsp3) is 0.895. The van der Waals surface area contributed by atoms with Gasteiger partial charge in [0.2, 0.25) is 5.91 Å². The fourth-order valence-corrected chi connectivity index (χ4v) is 4.18. The Balaban J connectivity index is 0.00000338. The Kier molecular flexibility index (Phi) is 11.2. The lowest BCUT2D eigenvalue weighted by Gasteiger charge is -2.37. The fourth-order valence-electron chi connectivity index (χ4n) is 4.18. The quantitative estimate of drug-likeness (QED) is 0.633. The van der Waals surface area contributed by atoms with Crippen LogP contribution in [-0.2, 0) is 9.59 Å². The first-order valence-corrected chi connectivity index (χ1v) is 10.0. The van der Waals surface area contributed by atoms with E-state index in [4.69, 9.17) is 5.11 Å². The van der Waals surface area contributed by atoms with Gasteiger partial charge in [0.25, 0.3) is 0 Å². The van der Waals surface area contributed by atoms with Crippen molar-refractivity contribution in [2.45, 2.75) is 64.3 Å². The lowest BCUT2D eigenvalue weighted by Crippen LogP contribution is -2.47. The van der Waals surface area contributed by atoms with Gasteiger partial charge in [0.1, 0.15) is 0 Å². The topological polar surface area (TPSA) is 72.9 Å². The molecule has 1 saturated carbocycles.